The zero-order valence-corrected chi connectivity index (χ0v) is 12.7. The molecule has 1 rings (SSSR count). The Balaban J connectivity index is 2.54. The smallest absolute Gasteiger partial charge is 0.224 e. The van der Waals surface area contributed by atoms with Crippen molar-refractivity contribution in [2.75, 3.05) is 6.54 Å². The normalized spacial score (nSPS) is 11.3. The zero-order chi connectivity index (χ0) is 14.4. The molecule has 0 fully saturated rings. The highest BCUT2D eigenvalue weighted by Gasteiger charge is 2.18. The van der Waals surface area contributed by atoms with E-state index in [9.17, 15) is 4.79 Å². The SMILES string of the molecule is Cc1ccc(CN(C(=O)CCNC(C)C)C(C)C)o1. The van der Waals surface area contributed by atoms with Gasteiger partial charge >= 0.3 is 0 Å². The maximum absolute atomic E-state index is 12.2. The third-order valence-electron chi connectivity index (χ3n) is 2.96. The summed E-state index contributed by atoms with van der Waals surface area (Å²) in [4.78, 5) is 14.1. The van der Waals surface area contributed by atoms with Crippen LogP contribution in [0, 0.1) is 6.92 Å². The van der Waals surface area contributed by atoms with Crippen molar-refractivity contribution in [2.24, 2.45) is 0 Å². The molecule has 108 valence electrons. The van der Waals surface area contributed by atoms with Crippen LogP contribution in [-0.2, 0) is 11.3 Å². The lowest BCUT2D eigenvalue weighted by atomic mass is 10.2. The minimum atomic E-state index is 0.164. The van der Waals surface area contributed by atoms with Gasteiger partial charge in [0.1, 0.15) is 11.5 Å². The molecule has 0 saturated carbocycles. The summed E-state index contributed by atoms with van der Waals surface area (Å²) < 4.78 is 5.55. The first-order valence-corrected chi connectivity index (χ1v) is 6.98. The largest absolute Gasteiger partial charge is 0.464 e. The molecule has 0 aliphatic heterocycles. The van der Waals surface area contributed by atoms with Crippen LogP contribution in [0.3, 0.4) is 0 Å². The van der Waals surface area contributed by atoms with Gasteiger partial charge in [-0.15, -0.1) is 0 Å². The molecule has 19 heavy (non-hydrogen) atoms. The van der Waals surface area contributed by atoms with Gasteiger partial charge in [-0.1, -0.05) is 13.8 Å². The molecule has 0 aliphatic rings. The quantitative estimate of drug-likeness (QED) is 0.825. The van der Waals surface area contributed by atoms with Crippen molar-refractivity contribution in [1.82, 2.24) is 10.2 Å². The lowest BCUT2D eigenvalue weighted by molar-refractivity contribution is -0.133. The second-order valence-corrected chi connectivity index (χ2v) is 5.49. The fourth-order valence-corrected chi connectivity index (χ4v) is 1.91. The Labute approximate surface area is 116 Å². The number of amides is 1. The van der Waals surface area contributed by atoms with Crippen molar-refractivity contribution in [3.8, 4) is 0 Å². The monoisotopic (exact) mass is 266 g/mol. The maximum Gasteiger partial charge on any atom is 0.224 e. The van der Waals surface area contributed by atoms with Crippen LogP contribution in [0.1, 0.15) is 45.6 Å². The molecule has 0 unspecified atom stereocenters. The van der Waals surface area contributed by atoms with Crippen LogP contribution in [0.15, 0.2) is 16.5 Å². The van der Waals surface area contributed by atoms with Crippen LogP contribution in [0.2, 0.25) is 0 Å². The van der Waals surface area contributed by atoms with Gasteiger partial charge in [-0.25, -0.2) is 0 Å². The Morgan fingerprint density at radius 3 is 2.47 bits per heavy atom. The van der Waals surface area contributed by atoms with Crippen molar-refractivity contribution in [2.45, 2.75) is 59.7 Å². The molecule has 0 atom stereocenters. The minimum Gasteiger partial charge on any atom is -0.464 e. The minimum absolute atomic E-state index is 0.164. The van der Waals surface area contributed by atoms with E-state index < -0.39 is 0 Å². The van der Waals surface area contributed by atoms with Gasteiger partial charge in [-0.2, -0.15) is 0 Å². The van der Waals surface area contributed by atoms with Gasteiger partial charge in [0.2, 0.25) is 5.91 Å². The summed E-state index contributed by atoms with van der Waals surface area (Å²) in [7, 11) is 0. The van der Waals surface area contributed by atoms with E-state index >= 15 is 0 Å². The molecule has 0 spiro atoms. The standard InChI is InChI=1S/C15H26N2O2/c1-11(2)16-9-8-15(18)17(12(3)4)10-14-7-6-13(5)19-14/h6-7,11-12,16H,8-10H2,1-5H3. The summed E-state index contributed by atoms with van der Waals surface area (Å²) >= 11 is 0. The van der Waals surface area contributed by atoms with Crippen LogP contribution in [-0.4, -0.2) is 29.4 Å². The Morgan fingerprint density at radius 1 is 1.32 bits per heavy atom. The molecule has 4 heteroatoms. The van der Waals surface area contributed by atoms with Gasteiger partial charge in [0.15, 0.2) is 0 Å². The number of carbonyl (C=O) groups excluding carboxylic acids is 1. The fourth-order valence-electron chi connectivity index (χ4n) is 1.91. The molecule has 1 N–H and O–H groups in total. The van der Waals surface area contributed by atoms with Gasteiger partial charge in [0.25, 0.3) is 0 Å². The van der Waals surface area contributed by atoms with E-state index in [1.165, 1.54) is 0 Å². The lowest BCUT2D eigenvalue weighted by Gasteiger charge is -2.26. The summed E-state index contributed by atoms with van der Waals surface area (Å²) in [6, 6.07) is 4.45. The second-order valence-electron chi connectivity index (χ2n) is 5.49. The van der Waals surface area contributed by atoms with E-state index in [-0.39, 0.29) is 11.9 Å². The predicted molar refractivity (Wildman–Crippen MR) is 76.9 cm³/mol. The molecule has 1 aromatic rings. The molecule has 0 bridgehead atoms. The van der Waals surface area contributed by atoms with Crippen LogP contribution in [0.25, 0.3) is 0 Å². The first-order valence-electron chi connectivity index (χ1n) is 6.98. The number of hydrogen-bond acceptors (Lipinski definition) is 3. The average Bonchev–Trinajstić information content (AvgIpc) is 2.70. The summed E-state index contributed by atoms with van der Waals surface area (Å²) in [5.41, 5.74) is 0. The van der Waals surface area contributed by atoms with E-state index in [4.69, 9.17) is 4.42 Å². The van der Waals surface area contributed by atoms with Crippen molar-refractivity contribution in [3.05, 3.63) is 23.7 Å². The highest BCUT2D eigenvalue weighted by Crippen LogP contribution is 2.12. The van der Waals surface area contributed by atoms with E-state index in [0.717, 1.165) is 18.1 Å². The molecular formula is C15H26N2O2. The third-order valence-corrected chi connectivity index (χ3v) is 2.96. The molecule has 4 nitrogen and oxygen atoms in total. The zero-order valence-electron chi connectivity index (χ0n) is 12.7. The van der Waals surface area contributed by atoms with E-state index in [0.29, 0.717) is 19.0 Å². The third kappa shape index (κ3) is 5.47. The van der Waals surface area contributed by atoms with Gasteiger partial charge in [-0.3, -0.25) is 4.79 Å². The molecule has 0 aromatic carbocycles. The topological polar surface area (TPSA) is 45.5 Å². The number of nitrogens with one attached hydrogen (secondary N) is 1. The number of nitrogens with zero attached hydrogens (tertiary/aromatic N) is 1. The summed E-state index contributed by atoms with van der Waals surface area (Å²) in [6.07, 6.45) is 0.524. The molecule has 0 radical (unpaired) electrons. The summed E-state index contributed by atoms with van der Waals surface area (Å²) in [6.45, 7) is 11.4. The molecular weight excluding hydrogens is 240 g/mol. The average molecular weight is 266 g/mol. The van der Waals surface area contributed by atoms with E-state index in [1.807, 2.05) is 37.8 Å². The van der Waals surface area contributed by atoms with Crippen molar-refractivity contribution < 1.29 is 9.21 Å². The van der Waals surface area contributed by atoms with Gasteiger partial charge < -0.3 is 14.6 Å². The van der Waals surface area contributed by atoms with Crippen LogP contribution in [0.5, 0.6) is 0 Å². The highest BCUT2D eigenvalue weighted by atomic mass is 16.3. The van der Waals surface area contributed by atoms with Crippen LogP contribution < -0.4 is 5.32 Å². The molecule has 0 saturated heterocycles. The number of carbonyl (C=O) groups is 1. The lowest BCUT2D eigenvalue weighted by Crippen LogP contribution is -2.38. The van der Waals surface area contributed by atoms with Crippen LogP contribution in [0.4, 0.5) is 0 Å². The maximum atomic E-state index is 12.2. The Bertz CT molecular complexity index is 397. The summed E-state index contributed by atoms with van der Waals surface area (Å²) in [5, 5.41) is 3.27. The molecule has 1 heterocycles. The molecule has 1 aromatic heterocycles. The Hall–Kier alpha value is -1.29. The second kappa shape index (κ2) is 7.34. The molecule has 1 amide bonds. The van der Waals surface area contributed by atoms with E-state index in [1.54, 1.807) is 0 Å². The first-order chi connectivity index (χ1) is 8.90. The number of furan rings is 1. The van der Waals surface area contributed by atoms with Crippen molar-refractivity contribution in [3.63, 3.8) is 0 Å². The Morgan fingerprint density at radius 2 is 2.00 bits per heavy atom. The highest BCUT2D eigenvalue weighted by molar-refractivity contribution is 5.76. The van der Waals surface area contributed by atoms with Gasteiger partial charge in [-0.05, 0) is 32.9 Å². The number of hydrogen-bond donors (Lipinski definition) is 1. The van der Waals surface area contributed by atoms with Crippen LogP contribution >= 0.6 is 0 Å². The summed E-state index contributed by atoms with van der Waals surface area (Å²) in [5.74, 6) is 1.89. The predicted octanol–water partition coefficient (Wildman–Crippen LogP) is 2.71. The number of rotatable bonds is 7. The first kappa shape index (κ1) is 15.8. The van der Waals surface area contributed by atoms with Gasteiger partial charge in [0, 0.05) is 25.0 Å². The Kier molecular flexibility index (Phi) is 6.09. The number of aryl methyl sites for hydroxylation is 1. The van der Waals surface area contributed by atoms with E-state index in [2.05, 4.69) is 19.2 Å². The van der Waals surface area contributed by atoms with Gasteiger partial charge in [0.05, 0.1) is 6.54 Å². The van der Waals surface area contributed by atoms with Crippen molar-refractivity contribution in [1.29, 1.82) is 0 Å². The molecule has 0 aliphatic carbocycles. The fraction of sp³-hybridized carbons (Fsp3) is 0.667. The van der Waals surface area contributed by atoms with Crippen molar-refractivity contribution >= 4 is 5.91 Å².